The molecule has 1 aliphatic heterocycles. The van der Waals surface area contributed by atoms with E-state index in [1.165, 1.54) is 0 Å². The summed E-state index contributed by atoms with van der Waals surface area (Å²) in [6.07, 6.45) is 3.42. The molecule has 6 nitrogen and oxygen atoms in total. The van der Waals surface area contributed by atoms with Crippen LogP contribution in [0.2, 0.25) is 0 Å². The van der Waals surface area contributed by atoms with E-state index in [1.54, 1.807) is 24.5 Å². The predicted octanol–water partition coefficient (Wildman–Crippen LogP) is 0.806. The smallest absolute Gasteiger partial charge is 0.240 e. The van der Waals surface area contributed by atoms with Gasteiger partial charge in [-0.25, -0.2) is 13.6 Å². The number of rotatable bonds is 3. The van der Waals surface area contributed by atoms with Gasteiger partial charge in [0.15, 0.2) is 0 Å². The number of hydrogen-bond acceptors (Lipinski definition) is 5. The van der Waals surface area contributed by atoms with E-state index in [9.17, 15) is 8.42 Å². The molecule has 3 N–H and O–H groups in total. The van der Waals surface area contributed by atoms with Gasteiger partial charge in [0.25, 0.3) is 0 Å². The van der Waals surface area contributed by atoms with Crippen molar-refractivity contribution in [1.82, 2.24) is 10.3 Å². The fraction of sp³-hybridized carbons (Fsp3) is 0.267. The summed E-state index contributed by atoms with van der Waals surface area (Å²) in [5.41, 5.74) is 2.38. The molecule has 0 aliphatic carbocycles. The van der Waals surface area contributed by atoms with Crippen molar-refractivity contribution >= 4 is 15.7 Å². The Kier molecular flexibility index (Phi) is 4.10. The van der Waals surface area contributed by atoms with Gasteiger partial charge in [0.05, 0.1) is 5.69 Å². The highest BCUT2D eigenvalue weighted by Gasteiger charge is 2.23. The molecule has 1 aromatic heterocycles. The molecule has 1 fully saturated rings. The summed E-state index contributed by atoms with van der Waals surface area (Å²) in [6.45, 7) is 3.09. The van der Waals surface area contributed by atoms with Crippen molar-refractivity contribution in [2.24, 2.45) is 5.14 Å². The van der Waals surface area contributed by atoms with E-state index in [2.05, 4.69) is 15.2 Å². The number of primary sulfonamides is 1. The molecule has 0 unspecified atom stereocenters. The number of hydrogen-bond donors (Lipinski definition) is 2. The molecule has 0 bridgehead atoms. The van der Waals surface area contributed by atoms with Crippen LogP contribution >= 0.6 is 0 Å². The number of sulfonamides is 1. The van der Waals surface area contributed by atoms with Crippen molar-refractivity contribution in [3.63, 3.8) is 0 Å². The van der Waals surface area contributed by atoms with Gasteiger partial charge in [0, 0.05) is 49.7 Å². The van der Waals surface area contributed by atoms with E-state index in [0.29, 0.717) is 5.69 Å². The zero-order valence-corrected chi connectivity index (χ0v) is 12.9. The molecule has 1 saturated heterocycles. The van der Waals surface area contributed by atoms with Crippen molar-refractivity contribution in [2.45, 2.75) is 4.90 Å². The molecule has 1 aliphatic rings. The maximum Gasteiger partial charge on any atom is 0.240 e. The molecular formula is C15H18N4O2S. The Morgan fingerprint density at radius 2 is 1.91 bits per heavy atom. The van der Waals surface area contributed by atoms with Crippen LogP contribution in [0.4, 0.5) is 5.69 Å². The Morgan fingerprint density at radius 3 is 2.55 bits per heavy atom. The normalized spacial score (nSPS) is 15.8. The van der Waals surface area contributed by atoms with Crippen LogP contribution in [0.25, 0.3) is 11.1 Å². The second kappa shape index (κ2) is 6.04. The van der Waals surface area contributed by atoms with Gasteiger partial charge < -0.3 is 10.2 Å². The van der Waals surface area contributed by atoms with Gasteiger partial charge in [-0.3, -0.25) is 4.98 Å². The number of para-hydroxylation sites is 1. The van der Waals surface area contributed by atoms with Crippen molar-refractivity contribution < 1.29 is 8.42 Å². The van der Waals surface area contributed by atoms with E-state index in [0.717, 1.165) is 37.3 Å². The lowest BCUT2D eigenvalue weighted by Gasteiger charge is -2.32. The lowest BCUT2D eigenvalue weighted by molar-refractivity contribution is 0.581. The third-order valence-corrected chi connectivity index (χ3v) is 4.65. The van der Waals surface area contributed by atoms with Crippen molar-refractivity contribution in [3.05, 3.63) is 42.7 Å². The number of benzene rings is 1. The van der Waals surface area contributed by atoms with Gasteiger partial charge in [-0.2, -0.15) is 0 Å². The first-order chi connectivity index (χ1) is 10.6. The summed E-state index contributed by atoms with van der Waals surface area (Å²) in [6, 6.07) is 8.94. The maximum absolute atomic E-state index is 12.0. The zero-order valence-electron chi connectivity index (χ0n) is 12.1. The molecule has 22 heavy (non-hydrogen) atoms. The van der Waals surface area contributed by atoms with Crippen LogP contribution in [-0.2, 0) is 10.0 Å². The Bertz CT molecular complexity index is 756. The number of pyridine rings is 1. The molecule has 0 atom stereocenters. The SMILES string of the molecule is NS(=O)(=O)c1cccc(-c2cccnc2)c1N1CCNCC1. The second-order valence-electron chi connectivity index (χ2n) is 5.18. The third kappa shape index (κ3) is 2.96. The second-order valence-corrected chi connectivity index (χ2v) is 6.71. The Morgan fingerprint density at radius 1 is 1.14 bits per heavy atom. The number of nitrogens with zero attached hydrogens (tertiary/aromatic N) is 2. The molecule has 0 spiro atoms. The molecule has 7 heteroatoms. The van der Waals surface area contributed by atoms with Gasteiger partial charge in [-0.15, -0.1) is 0 Å². The van der Waals surface area contributed by atoms with Gasteiger partial charge in [0.2, 0.25) is 10.0 Å². The van der Waals surface area contributed by atoms with Gasteiger partial charge in [-0.05, 0) is 12.1 Å². The minimum atomic E-state index is -3.80. The lowest BCUT2D eigenvalue weighted by atomic mass is 10.0. The summed E-state index contributed by atoms with van der Waals surface area (Å²) < 4.78 is 24.0. The minimum Gasteiger partial charge on any atom is -0.367 e. The van der Waals surface area contributed by atoms with Crippen LogP contribution in [0.3, 0.4) is 0 Å². The fourth-order valence-electron chi connectivity index (χ4n) is 2.72. The van der Waals surface area contributed by atoms with E-state index in [1.807, 2.05) is 18.2 Å². The van der Waals surface area contributed by atoms with Crippen LogP contribution in [-0.4, -0.2) is 39.6 Å². The molecule has 1 aromatic carbocycles. The monoisotopic (exact) mass is 318 g/mol. The summed E-state index contributed by atoms with van der Waals surface area (Å²) >= 11 is 0. The Labute approximate surface area is 130 Å². The van der Waals surface area contributed by atoms with Crippen LogP contribution < -0.4 is 15.4 Å². The first-order valence-electron chi connectivity index (χ1n) is 7.09. The van der Waals surface area contributed by atoms with Crippen molar-refractivity contribution in [1.29, 1.82) is 0 Å². The average molecular weight is 318 g/mol. The average Bonchev–Trinajstić information content (AvgIpc) is 2.55. The summed E-state index contributed by atoms with van der Waals surface area (Å²) in [5.74, 6) is 0. The highest BCUT2D eigenvalue weighted by Crippen LogP contribution is 2.35. The van der Waals surface area contributed by atoms with Crippen LogP contribution in [0.1, 0.15) is 0 Å². The zero-order chi connectivity index (χ0) is 15.6. The van der Waals surface area contributed by atoms with Crippen molar-refractivity contribution in [2.75, 3.05) is 31.1 Å². The number of nitrogens with one attached hydrogen (secondary N) is 1. The molecule has 3 rings (SSSR count). The molecule has 0 amide bonds. The summed E-state index contributed by atoms with van der Waals surface area (Å²) in [4.78, 5) is 6.36. The van der Waals surface area contributed by atoms with Crippen LogP contribution in [0.5, 0.6) is 0 Å². The van der Waals surface area contributed by atoms with Gasteiger partial charge in [0.1, 0.15) is 4.90 Å². The molecular weight excluding hydrogens is 300 g/mol. The van der Waals surface area contributed by atoms with Crippen LogP contribution in [0, 0.1) is 0 Å². The first kappa shape index (κ1) is 15.0. The van der Waals surface area contributed by atoms with Crippen LogP contribution in [0.15, 0.2) is 47.6 Å². The Balaban J connectivity index is 2.21. The topological polar surface area (TPSA) is 88.3 Å². The third-order valence-electron chi connectivity index (χ3n) is 3.71. The van der Waals surface area contributed by atoms with Gasteiger partial charge >= 0.3 is 0 Å². The van der Waals surface area contributed by atoms with Crippen molar-refractivity contribution in [3.8, 4) is 11.1 Å². The number of anilines is 1. The number of aromatic nitrogens is 1. The molecule has 2 heterocycles. The highest BCUT2D eigenvalue weighted by atomic mass is 32.2. The summed E-state index contributed by atoms with van der Waals surface area (Å²) in [5, 5.41) is 8.69. The van der Waals surface area contributed by atoms with E-state index >= 15 is 0 Å². The van der Waals surface area contributed by atoms with E-state index < -0.39 is 10.0 Å². The number of piperazine rings is 1. The first-order valence-corrected chi connectivity index (χ1v) is 8.64. The largest absolute Gasteiger partial charge is 0.367 e. The number of nitrogens with two attached hydrogens (primary N) is 1. The van der Waals surface area contributed by atoms with E-state index in [4.69, 9.17) is 5.14 Å². The van der Waals surface area contributed by atoms with Gasteiger partial charge in [-0.1, -0.05) is 18.2 Å². The molecule has 116 valence electrons. The fourth-order valence-corrected chi connectivity index (χ4v) is 3.50. The predicted molar refractivity (Wildman–Crippen MR) is 86.1 cm³/mol. The highest BCUT2D eigenvalue weighted by molar-refractivity contribution is 7.89. The Hall–Kier alpha value is -1.96. The quantitative estimate of drug-likeness (QED) is 0.874. The molecule has 2 aromatic rings. The molecule has 0 radical (unpaired) electrons. The van der Waals surface area contributed by atoms with E-state index in [-0.39, 0.29) is 4.90 Å². The maximum atomic E-state index is 12.0. The summed E-state index contributed by atoms with van der Waals surface area (Å²) in [7, 11) is -3.80. The standard InChI is InChI=1S/C15H18N4O2S/c16-22(20,21)14-5-1-4-13(12-3-2-6-18-11-12)15(14)19-9-7-17-8-10-19/h1-6,11,17H,7-10H2,(H2,16,20,21). The lowest BCUT2D eigenvalue weighted by Crippen LogP contribution is -2.44. The minimum absolute atomic E-state index is 0.163. The molecule has 0 saturated carbocycles.